The highest BCUT2D eigenvalue weighted by Crippen LogP contribution is 2.37. The van der Waals surface area contributed by atoms with Crippen LogP contribution in [0.4, 0.5) is 21.9 Å². The smallest absolute Gasteiger partial charge is 0.324 e. The number of carbonyl (C=O) groups excluding carboxylic acids is 4. The van der Waals surface area contributed by atoms with Gasteiger partial charge in [0.05, 0.1) is 11.4 Å². The van der Waals surface area contributed by atoms with Gasteiger partial charge in [-0.25, -0.2) is 13.2 Å². The first-order valence-electron chi connectivity index (χ1n) is 10.6. The van der Waals surface area contributed by atoms with E-state index in [1.165, 1.54) is 30.3 Å². The second-order valence-electron chi connectivity index (χ2n) is 7.98. The van der Waals surface area contributed by atoms with Crippen LogP contribution in [0.1, 0.15) is 16.8 Å². The number of hydrogen-bond acceptors (Lipinski definition) is 6. The van der Waals surface area contributed by atoms with Crippen molar-refractivity contribution in [3.8, 4) is 0 Å². The van der Waals surface area contributed by atoms with E-state index in [0.717, 1.165) is 4.90 Å². The zero-order chi connectivity index (χ0) is 24.7. The summed E-state index contributed by atoms with van der Waals surface area (Å²) in [6.45, 7) is -0.113. The predicted octanol–water partition coefficient (Wildman–Crippen LogP) is 2.09. The molecule has 178 valence electrons. The molecule has 12 heteroatoms. The Morgan fingerprint density at radius 3 is 2.43 bits per heavy atom. The lowest BCUT2D eigenvalue weighted by Gasteiger charge is -2.13. The molecule has 3 aromatic rings. The van der Waals surface area contributed by atoms with Crippen molar-refractivity contribution in [3.63, 3.8) is 0 Å². The summed E-state index contributed by atoms with van der Waals surface area (Å²) < 4.78 is 28.7. The van der Waals surface area contributed by atoms with Gasteiger partial charge >= 0.3 is 6.03 Å². The van der Waals surface area contributed by atoms with Crippen LogP contribution >= 0.6 is 0 Å². The van der Waals surface area contributed by atoms with Crippen molar-refractivity contribution in [3.05, 3.63) is 60.2 Å². The molecule has 0 aromatic heterocycles. The summed E-state index contributed by atoms with van der Waals surface area (Å²) in [6.07, 6.45) is -0.0735. The zero-order valence-electron chi connectivity index (χ0n) is 18.1. The van der Waals surface area contributed by atoms with Crippen LogP contribution in [-0.4, -0.2) is 50.2 Å². The second kappa shape index (κ2) is 8.40. The summed E-state index contributed by atoms with van der Waals surface area (Å²) >= 11 is 0. The minimum Gasteiger partial charge on any atom is -0.329 e. The number of sulfonamides is 1. The lowest BCUT2D eigenvalue weighted by molar-refractivity contribution is -0.125. The van der Waals surface area contributed by atoms with Gasteiger partial charge < -0.3 is 16.0 Å². The Bertz CT molecular complexity index is 1500. The predicted molar refractivity (Wildman–Crippen MR) is 128 cm³/mol. The van der Waals surface area contributed by atoms with E-state index in [0.29, 0.717) is 27.7 Å². The van der Waals surface area contributed by atoms with Crippen LogP contribution < -0.4 is 20.7 Å². The van der Waals surface area contributed by atoms with Crippen molar-refractivity contribution in [1.82, 2.24) is 10.2 Å². The molecule has 35 heavy (non-hydrogen) atoms. The maximum Gasteiger partial charge on any atom is 0.324 e. The molecule has 0 atom stereocenters. The van der Waals surface area contributed by atoms with Crippen LogP contribution in [0.15, 0.2) is 59.5 Å². The molecule has 0 saturated carbocycles. The lowest BCUT2D eigenvalue weighted by Crippen LogP contribution is -2.33. The largest absolute Gasteiger partial charge is 0.329 e. The summed E-state index contributed by atoms with van der Waals surface area (Å²) in [4.78, 5) is 48.4. The van der Waals surface area contributed by atoms with E-state index in [2.05, 4.69) is 20.7 Å². The van der Waals surface area contributed by atoms with E-state index >= 15 is 0 Å². The number of benzene rings is 3. The number of nitrogens with zero attached hydrogens (tertiary/aromatic N) is 1. The molecule has 4 N–H and O–H groups in total. The first kappa shape index (κ1) is 22.3. The SMILES string of the molecule is O=C(CCN1C(=O)CNC1=O)Nc1ccc(NS(=O)(=O)c2ccc3c4c(cccc24)C(=O)N3)cc1. The van der Waals surface area contributed by atoms with Crippen molar-refractivity contribution >= 4 is 61.6 Å². The third kappa shape index (κ3) is 4.15. The van der Waals surface area contributed by atoms with Crippen LogP contribution in [0.2, 0.25) is 0 Å². The monoisotopic (exact) mass is 493 g/mol. The molecule has 2 aliphatic rings. The van der Waals surface area contributed by atoms with Gasteiger partial charge in [-0.1, -0.05) is 12.1 Å². The highest BCUT2D eigenvalue weighted by atomic mass is 32.2. The molecule has 0 bridgehead atoms. The van der Waals surface area contributed by atoms with Crippen molar-refractivity contribution in [2.45, 2.75) is 11.3 Å². The molecule has 5 amide bonds. The Balaban J connectivity index is 1.27. The van der Waals surface area contributed by atoms with Crippen LogP contribution in [-0.2, 0) is 19.6 Å². The fraction of sp³-hybridized carbons (Fsp3) is 0.130. The van der Waals surface area contributed by atoms with E-state index < -0.39 is 22.0 Å². The first-order chi connectivity index (χ1) is 16.7. The topological polar surface area (TPSA) is 154 Å². The van der Waals surface area contributed by atoms with E-state index in [9.17, 15) is 27.6 Å². The minimum absolute atomic E-state index is 0.0347. The Labute approximate surface area is 199 Å². The van der Waals surface area contributed by atoms with Crippen molar-refractivity contribution < 1.29 is 27.6 Å². The van der Waals surface area contributed by atoms with E-state index in [4.69, 9.17) is 0 Å². The molecule has 0 aliphatic carbocycles. The first-order valence-corrected chi connectivity index (χ1v) is 12.1. The van der Waals surface area contributed by atoms with E-state index in [-0.39, 0.29) is 41.9 Å². The number of imide groups is 1. The number of anilines is 3. The number of amides is 5. The van der Waals surface area contributed by atoms with Crippen molar-refractivity contribution in [2.75, 3.05) is 28.4 Å². The number of rotatable bonds is 7. The Morgan fingerprint density at radius 1 is 0.971 bits per heavy atom. The molecule has 11 nitrogen and oxygen atoms in total. The fourth-order valence-corrected chi connectivity index (χ4v) is 5.31. The van der Waals surface area contributed by atoms with Gasteiger partial charge in [0.25, 0.3) is 15.9 Å². The summed E-state index contributed by atoms with van der Waals surface area (Å²) in [5, 5.41) is 8.74. The summed E-state index contributed by atoms with van der Waals surface area (Å²) in [5.41, 5.74) is 1.68. The molecule has 1 fully saturated rings. The molecule has 5 rings (SSSR count). The molecule has 0 unspecified atom stereocenters. The van der Waals surface area contributed by atoms with Crippen LogP contribution in [0, 0.1) is 0 Å². The highest BCUT2D eigenvalue weighted by molar-refractivity contribution is 7.93. The lowest BCUT2D eigenvalue weighted by atomic mass is 10.1. The normalized spacial score (nSPS) is 14.7. The maximum absolute atomic E-state index is 13.1. The van der Waals surface area contributed by atoms with Gasteiger partial charge in [0.15, 0.2) is 0 Å². The molecular weight excluding hydrogens is 474 g/mol. The Hall–Kier alpha value is -4.45. The summed E-state index contributed by atoms with van der Waals surface area (Å²) in [7, 11) is -3.98. The fourth-order valence-electron chi connectivity index (χ4n) is 4.05. The quantitative estimate of drug-likeness (QED) is 0.370. The molecule has 0 radical (unpaired) electrons. The number of nitrogens with one attached hydrogen (secondary N) is 4. The number of hydrogen-bond donors (Lipinski definition) is 4. The van der Waals surface area contributed by atoms with E-state index in [1.807, 2.05) is 0 Å². The summed E-state index contributed by atoms with van der Waals surface area (Å²) in [6, 6.07) is 13.4. The van der Waals surface area contributed by atoms with Crippen LogP contribution in [0.5, 0.6) is 0 Å². The van der Waals surface area contributed by atoms with Gasteiger partial charge in [-0.15, -0.1) is 0 Å². The van der Waals surface area contributed by atoms with Gasteiger partial charge in [0, 0.05) is 46.4 Å². The zero-order valence-corrected chi connectivity index (χ0v) is 18.9. The Morgan fingerprint density at radius 2 is 1.71 bits per heavy atom. The standard InChI is InChI=1S/C23H19N5O6S/c29-19(10-11-28-20(30)12-24-23(28)32)25-13-4-6-14(7-5-13)27-35(33,34)18-9-8-17-21-15(18)2-1-3-16(21)22(31)26-17/h1-9,27H,10-12H2,(H,24,32)(H,25,29)(H,26,31). The highest BCUT2D eigenvalue weighted by Gasteiger charge is 2.29. The average molecular weight is 494 g/mol. The van der Waals surface area contributed by atoms with Gasteiger partial charge in [0.1, 0.15) is 0 Å². The molecule has 2 aliphatic heterocycles. The van der Waals surface area contributed by atoms with Crippen LogP contribution in [0.25, 0.3) is 10.8 Å². The van der Waals surface area contributed by atoms with Crippen LogP contribution in [0.3, 0.4) is 0 Å². The molecule has 0 spiro atoms. The third-order valence-electron chi connectivity index (χ3n) is 5.70. The minimum atomic E-state index is -3.98. The maximum atomic E-state index is 13.1. The molecule has 1 saturated heterocycles. The van der Waals surface area contributed by atoms with Gasteiger partial charge in [-0.3, -0.25) is 24.0 Å². The summed E-state index contributed by atoms with van der Waals surface area (Å²) in [5.74, 6) is -1.06. The van der Waals surface area contributed by atoms with Gasteiger partial charge in [-0.2, -0.15) is 0 Å². The molecular formula is C23H19N5O6S. The molecule has 2 heterocycles. The third-order valence-corrected chi connectivity index (χ3v) is 7.14. The number of carbonyl (C=O) groups is 4. The van der Waals surface area contributed by atoms with E-state index in [1.54, 1.807) is 24.3 Å². The van der Waals surface area contributed by atoms with Crippen molar-refractivity contribution in [1.29, 1.82) is 0 Å². The Kier molecular flexibility index (Phi) is 5.36. The van der Waals surface area contributed by atoms with Gasteiger partial charge in [0.2, 0.25) is 11.8 Å². The van der Waals surface area contributed by atoms with Crippen molar-refractivity contribution in [2.24, 2.45) is 0 Å². The second-order valence-corrected chi connectivity index (χ2v) is 9.63. The average Bonchev–Trinajstić information content (AvgIpc) is 3.33. The van der Waals surface area contributed by atoms with Gasteiger partial charge in [-0.05, 0) is 42.5 Å². The number of urea groups is 1. The molecule has 3 aromatic carbocycles.